The molecule has 2 aromatic rings. The molecule has 60 valence electrons. The van der Waals surface area contributed by atoms with Gasteiger partial charge < -0.3 is 0 Å². The van der Waals surface area contributed by atoms with E-state index in [1.165, 1.54) is 0 Å². The van der Waals surface area contributed by atoms with E-state index in [9.17, 15) is 0 Å². The first-order valence-electron chi connectivity index (χ1n) is 3.82. The lowest BCUT2D eigenvalue weighted by molar-refractivity contribution is 1.14. The Hall–Kier alpha value is -1.51. The van der Waals surface area contributed by atoms with Crippen molar-refractivity contribution in [1.82, 2.24) is 15.0 Å². The fraction of sp³-hybridized carbons (Fsp3) is 0.222. The number of pyridine rings is 1. The third-order valence-electron chi connectivity index (χ3n) is 1.76. The quantitative estimate of drug-likeness (QED) is 0.586. The van der Waals surface area contributed by atoms with E-state index in [2.05, 4.69) is 15.0 Å². The van der Waals surface area contributed by atoms with Crippen LogP contribution in [0.2, 0.25) is 0 Å². The van der Waals surface area contributed by atoms with Crippen molar-refractivity contribution in [3.05, 3.63) is 29.8 Å². The van der Waals surface area contributed by atoms with Crippen LogP contribution in [-0.4, -0.2) is 15.0 Å². The Labute approximate surface area is 70.5 Å². The van der Waals surface area contributed by atoms with E-state index in [4.69, 9.17) is 0 Å². The Morgan fingerprint density at radius 3 is 2.83 bits per heavy atom. The Kier molecular flexibility index (Phi) is 1.50. The standard InChI is InChI=1S/C9H9N3/c1-6-5-11-9-7(2)10-4-3-8(9)12-6/h3-5H,1-2H3. The maximum atomic E-state index is 4.33. The van der Waals surface area contributed by atoms with Crippen LogP contribution in [0, 0.1) is 13.8 Å². The summed E-state index contributed by atoms with van der Waals surface area (Å²) in [5, 5.41) is 0. The van der Waals surface area contributed by atoms with Crippen molar-refractivity contribution in [3.8, 4) is 0 Å². The Morgan fingerprint density at radius 2 is 2.00 bits per heavy atom. The molecule has 0 fully saturated rings. The van der Waals surface area contributed by atoms with Crippen LogP contribution >= 0.6 is 0 Å². The number of nitrogens with zero attached hydrogens (tertiary/aromatic N) is 3. The van der Waals surface area contributed by atoms with Crippen molar-refractivity contribution in [2.24, 2.45) is 0 Å². The van der Waals surface area contributed by atoms with Gasteiger partial charge in [-0.05, 0) is 19.9 Å². The molecule has 3 heteroatoms. The average molecular weight is 159 g/mol. The monoisotopic (exact) mass is 159 g/mol. The number of fused-ring (bicyclic) bond motifs is 1. The summed E-state index contributed by atoms with van der Waals surface area (Å²) < 4.78 is 0. The highest BCUT2D eigenvalue weighted by atomic mass is 14.8. The molecule has 0 radical (unpaired) electrons. The Morgan fingerprint density at radius 1 is 1.17 bits per heavy atom. The molecule has 0 aliphatic rings. The first kappa shape index (κ1) is 7.16. The van der Waals surface area contributed by atoms with Gasteiger partial charge in [-0.15, -0.1) is 0 Å². The van der Waals surface area contributed by atoms with Gasteiger partial charge in [0.2, 0.25) is 0 Å². The van der Waals surface area contributed by atoms with E-state index in [1.54, 1.807) is 12.4 Å². The minimum absolute atomic E-state index is 0.892. The number of hydrogen-bond acceptors (Lipinski definition) is 3. The molecular weight excluding hydrogens is 150 g/mol. The maximum Gasteiger partial charge on any atom is 0.110 e. The molecule has 0 unspecified atom stereocenters. The van der Waals surface area contributed by atoms with Gasteiger partial charge >= 0.3 is 0 Å². The Bertz CT molecular complexity index is 423. The van der Waals surface area contributed by atoms with Crippen LogP contribution in [0.3, 0.4) is 0 Å². The van der Waals surface area contributed by atoms with Crippen LogP contribution in [0.5, 0.6) is 0 Å². The minimum Gasteiger partial charge on any atom is -0.259 e. The number of aryl methyl sites for hydroxylation is 2. The van der Waals surface area contributed by atoms with E-state index < -0.39 is 0 Å². The predicted molar refractivity (Wildman–Crippen MR) is 46.8 cm³/mol. The van der Waals surface area contributed by atoms with Gasteiger partial charge in [0.15, 0.2) is 0 Å². The maximum absolute atomic E-state index is 4.33. The first-order chi connectivity index (χ1) is 5.77. The smallest absolute Gasteiger partial charge is 0.110 e. The van der Waals surface area contributed by atoms with E-state index in [1.807, 2.05) is 19.9 Å². The number of rotatable bonds is 0. The van der Waals surface area contributed by atoms with Crippen LogP contribution in [0.1, 0.15) is 11.4 Å². The lowest BCUT2D eigenvalue weighted by Gasteiger charge is -1.98. The fourth-order valence-electron chi connectivity index (χ4n) is 1.17. The normalized spacial score (nSPS) is 10.5. The van der Waals surface area contributed by atoms with Crippen LogP contribution in [0.15, 0.2) is 18.5 Å². The molecule has 0 aliphatic carbocycles. The molecule has 2 heterocycles. The van der Waals surface area contributed by atoms with Gasteiger partial charge in [0.05, 0.1) is 16.9 Å². The second kappa shape index (κ2) is 2.52. The van der Waals surface area contributed by atoms with E-state index >= 15 is 0 Å². The molecule has 2 aromatic heterocycles. The van der Waals surface area contributed by atoms with Gasteiger partial charge in [0.1, 0.15) is 5.52 Å². The first-order valence-corrected chi connectivity index (χ1v) is 3.82. The van der Waals surface area contributed by atoms with Gasteiger partial charge in [-0.2, -0.15) is 0 Å². The molecule has 0 saturated heterocycles. The summed E-state index contributed by atoms with van der Waals surface area (Å²) in [5.41, 5.74) is 3.68. The molecule has 0 saturated carbocycles. The topological polar surface area (TPSA) is 38.7 Å². The zero-order chi connectivity index (χ0) is 8.55. The van der Waals surface area contributed by atoms with Crippen molar-refractivity contribution in [2.45, 2.75) is 13.8 Å². The molecule has 0 aromatic carbocycles. The van der Waals surface area contributed by atoms with Gasteiger partial charge in [0, 0.05) is 12.4 Å². The highest BCUT2D eigenvalue weighted by Crippen LogP contribution is 2.10. The van der Waals surface area contributed by atoms with Crippen LogP contribution in [0.4, 0.5) is 0 Å². The predicted octanol–water partition coefficient (Wildman–Crippen LogP) is 1.64. The minimum atomic E-state index is 0.892. The summed E-state index contributed by atoms with van der Waals surface area (Å²) in [5.74, 6) is 0. The molecule has 2 rings (SSSR count). The van der Waals surface area contributed by atoms with Crippen molar-refractivity contribution in [2.75, 3.05) is 0 Å². The Balaban J connectivity index is 2.86. The molecule has 0 atom stereocenters. The second-order valence-corrected chi connectivity index (χ2v) is 2.78. The summed E-state index contributed by atoms with van der Waals surface area (Å²) in [4.78, 5) is 12.7. The molecule has 0 spiro atoms. The summed E-state index contributed by atoms with van der Waals surface area (Å²) in [7, 11) is 0. The fourth-order valence-corrected chi connectivity index (χ4v) is 1.17. The zero-order valence-corrected chi connectivity index (χ0v) is 7.07. The van der Waals surface area contributed by atoms with Crippen molar-refractivity contribution in [3.63, 3.8) is 0 Å². The molecular formula is C9H9N3. The lowest BCUT2D eigenvalue weighted by Crippen LogP contribution is -1.91. The van der Waals surface area contributed by atoms with E-state index in [0.29, 0.717) is 0 Å². The highest BCUT2D eigenvalue weighted by Gasteiger charge is 1.99. The number of hydrogen-bond donors (Lipinski definition) is 0. The van der Waals surface area contributed by atoms with Crippen molar-refractivity contribution in [1.29, 1.82) is 0 Å². The van der Waals surface area contributed by atoms with Gasteiger partial charge in [-0.25, -0.2) is 4.98 Å². The summed E-state index contributed by atoms with van der Waals surface area (Å²) in [6.45, 7) is 3.87. The summed E-state index contributed by atoms with van der Waals surface area (Å²) >= 11 is 0. The molecule has 0 aliphatic heterocycles. The molecule has 0 N–H and O–H groups in total. The zero-order valence-electron chi connectivity index (χ0n) is 7.07. The van der Waals surface area contributed by atoms with Crippen LogP contribution < -0.4 is 0 Å². The third-order valence-corrected chi connectivity index (χ3v) is 1.76. The van der Waals surface area contributed by atoms with Crippen molar-refractivity contribution >= 4 is 11.0 Å². The van der Waals surface area contributed by atoms with Crippen molar-refractivity contribution < 1.29 is 0 Å². The number of aromatic nitrogens is 3. The largest absolute Gasteiger partial charge is 0.259 e. The SMILES string of the molecule is Cc1cnc2c(C)nccc2n1. The summed E-state index contributed by atoms with van der Waals surface area (Å²) in [6, 6.07) is 1.88. The van der Waals surface area contributed by atoms with E-state index in [-0.39, 0.29) is 0 Å². The van der Waals surface area contributed by atoms with Crippen LogP contribution in [-0.2, 0) is 0 Å². The molecule has 12 heavy (non-hydrogen) atoms. The highest BCUT2D eigenvalue weighted by molar-refractivity contribution is 5.75. The van der Waals surface area contributed by atoms with Gasteiger partial charge in [-0.1, -0.05) is 0 Å². The second-order valence-electron chi connectivity index (χ2n) is 2.78. The van der Waals surface area contributed by atoms with Gasteiger partial charge in [0.25, 0.3) is 0 Å². The lowest BCUT2D eigenvalue weighted by atomic mass is 10.3. The average Bonchev–Trinajstić information content (AvgIpc) is 2.04. The summed E-state index contributed by atoms with van der Waals surface area (Å²) in [6.07, 6.45) is 3.52. The molecule has 0 bridgehead atoms. The molecule has 3 nitrogen and oxygen atoms in total. The van der Waals surface area contributed by atoms with Gasteiger partial charge in [-0.3, -0.25) is 9.97 Å². The van der Waals surface area contributed by atoms with Crippen LogP contribution in [0.25, 0.3) is 11.0 Å². The third kappa shape index (κ3) is 1.03. The van der Waals surface area contributed by atoms with E-state index in [0.717, 1.165) is 22.4 Å². The molecule has 0 amide bonds.